The van der Waals surface area contributed by atoms with E-state index >= 15 is 0 Å². The lowest BCUT2D eigenvalue weighted by Crippen LogP contribution is -2.25. The molecule has 2 rings (SSSR count). The van der Waals surface area contributed by atoms with Crippen LogP contribution in [0.4, 0.5) is 5.69 Å². The van der Waals surface area contributed by atoms with Crippen molar-refractivity contribution in [2.75, 3.05) is 18.5 Å². The lowest BCUT2D eigenvalue weighted by atomic mass is 10.1. The molecule has 1 N–H and O–H groups in total. The van der Waals surface area contributed by atoms with E-state index in [1.165, 1.54) is 25.7 Å². The zero-order chi connectivity index (χ0) is 10.7. The predicted molar refractivity (Wildman–Crippen MR) is 60.1 cm³/mol. The number of H-pyrrole nitrogens is 1. The van der Waals surface area contributed by atoms with Gasteiger partial charge < -0.3 is 4.90 Å². The molecule has 82 valence electrons. The van der Waals surface area contributed by atoms with Crippen LogP contribution >= 0.6 is 0 Å². The van der Waals surface area contributed by atoms with Gasteiger partial charge in [0.1, 0.15) is 0 Å². The summed E-state index contributed by atoms with van der Waals surface area (Å²) in [7, 11) is 2.02. The van der Waals surface area contributed by atoms with Crippen molar-refractivity contribution >= 4 is 5.69 Å². The van der Waals surface area contributed by atoms with Crippen molar-refractivity contribution in [1.82, 2.24) is 10.2 Å². The van der Waals surface area contributed by atoms with Crippen molar-refractivity contribution in [3.8, 4) is 0 Å². The molecule has 1 aromatic heterocycles. The van der Waals surface area contributed by atoms with Gasteiger partial charge in [0.25, 0.3) is 5.56 Å². The number of aromatic amines is 1. The van der Waals surface area contributed by atoms with Crippen molar-refractivity contribution in [3.63, 3.8) is 0 Å². The van der Waals surface area contributed by atoms with E-state index in [1.807, 2.05) is 7.05 Å². The molecule has 1 aromatic rings. The highest BCUT2D eigenvalue weighted by Crippen LogP contribution is 2.26. The Morgan fingerprint density at radius 1 is 1.53 bits per heavy atom. The molecule has 4 nitrogen and oxygen atoms in total. The van der Waals surface area contributed by atoms with Gasteiger partial charge in [0, 0.05) is 19.7 Å². The van der Waals surface area contributed by atoms with Crippen LogP contribution in [-0.2, 0) is 0 Å². The fraction of sp³-hybridized carbons (Fsp3) is 0.636. The monoisotopic (exact) mass is 207 g/mol. The fourth-order valence-corrected chi connectivity index (χ4v) is 2.26. The normalized spacial score (nSPS) is 16.9. The van der Waals surface area contributed by atoms with Gasteiger partial charge in [0.15, 0.2) is 0 Å². The van der Waals surface area contributed by atoms with Crippen LogP contribution in [0.3, 0.4) is 0 Å². The van der Waals surface area contributed by atoms with Crippen LogP contribution in [0.5, 0.6) is 0 Å². The second kappa shape index (κ2) is 4.47. The van der Waals surface area contributed by atoms with Gasteiger partial charge in [-0.2, -0.15) is 5.10 Å². The summed E-state index contributed by atoms with van der Waals surface area (Å²) in [6, 6.07) is 1.60. The van der Waals surface area contributed by atoms with Crippen molar-refractivity contribution < 1.29 is 0 Å². The van der Waals surface area contributed by atoms with Crippen LogP contribution in [0.15, 0.2) is 17.1 Å². The Hall–Kier alpha value is -1.32. The Bertz CT molecular complexity index is 368. The van der Waals surface area contributed by atoms with Crippen LogP contribution in [-0.4, -0.2) is 23.8 Å². The maximum atomic E-state index is 11.1. The Morgan fingerprint density at radius 2 is 2.27 bits per heavy atom. The number of hydrogen-bond donors (Lipinski definition) is 1. The lowest BCUT2D eigenvalue weighted by molar-refractivity contribution is 0.546. The maximum Gasteiger partial charge on any atom is 0.266 e. The Balaban J connectivity index is 2.00. The smallest absolute Gasteiger partial charge is 0.266 e. The Labute approximate surface area is 89.3 Å². The summed E-state index contributed by atoms with van der Waals surface area (Å²) in [6.45, 7) is 1.03. The van der Waals surface area contributed by atoms with E-state index in [9.17, 15) is 4.79 Å². The van der Waals surface area contributed by atoms with E-state index < -0.39 is 0 Å². The van der Waals surface area contributed by atoms with Gasteiger partial charge in [-0.25, -0.2) is 5.10 Å². The number of anilines is 1. The molecule has 1 aliphatic rings. The minimum atomic E-state index is -0.134. The van der Waals surface area contributed by atoms with Gasteiger partial charge >= 0.3 is 0 Å². The molecule has 0 spiro atoms. The minimum absolute atomic E-state index is 0.134. The number of nitrogens with zero attached hydrogens (tertiary/aromatic N) is 2. The summed E-state index contributed by atoms with van der Waals surface area (Å²) < 4.78 is 0. The molecule has 1 saturated carbocycles. The van der Waals surface area contributed by atoms with Crippen LogP contribution in [0.1, 0.15) is 25.7 Å². The predicted octanol–water partition coefficient (Wildman–Crippen LogP) is 1.40. The molecule has 0 amide bonds. The number of aromatic nitrogens is 2. The molecular weight excluding hydrogens is 190 g/mol. The van der Waals surface area contributed by atoms with Crippen LogP contribution in [0.25, 0.3) is 0 Å². The highest BCUT2D eigenvalue weighted by molar-refractivity contribution is 5.41. The van der Waals surface area contributed by atoms with E-state index in [1.54, 1.807) is 12.3 Å². The third-order valence-electron chi connectivity index (χ3n) is 3.10. The molecule has 1 heterocycles. The first kappa shape index (κ1) is 10.2. The summed E-state index contributed by atoms with van der Waals surface area (Å²) in [6.07, 6.45) is 7.05. The average molecular weight is 207 g/mol. The second-order valence-corrected chi connectivity index (χ2v) is 4.33. The molecule has 0 bridgehead atoms. The molecule has 0 unspecified atom stereocenters. The van der Waals surface area contributed by atoms with Crippen LogP contribution in [0, 0.1) is 5.92 Å². The summed E-state index contributed by atoms with van der Waals surface area (Å²) in [5.41, 5.74) is 0.774. The molecule has 1 aliphatic carbocycles. The molecule has 0 aromatic carbocycles. The highest BCUT2D eigenvalue weighted by atomic mass is 16.1. The largest absolute Gasteiger partial charge is 0.373 e. The first-order valence-electron chi connectivity index (χ1n) is 5.51. The van der Waals surface area contributed by atoms with E-state index in [4.69, 9.17) is 0 Å². The van der Waals surface area contributed by atoms with Gasteiger partial charge in [-0.3, -0.25) is 4.79 Å². The van der Waals surface area contributed by atoms with Crippen molar-refractivity contribution in [2.24, 2.45) is 5.92 Å². The zero-order valence-corrected chi connectivity index (χ0v) is 9.07. The molecule has 0 aliphatic heterocycles. The van der Waals surface area contributed by atoms with Crippen LogP contribution in [0.2, 0.25) is 0 Å². The maximum absolute atomic E-state index is 11.1. The van der Waals surface area contributed by atoms with Crippen molar-refractivity contribution in [2.45, 2.75) is 25.7 Å². The third kappa shape index (κ3) is 2.58. The standard InChI is InChI=1S/C11H17N3O/c1-14(8-9-4-2-3-5-9)10-6-11(15)13-12-7-10/h6-7,9H,2-5,8H2,1H3,(H,13,15). The number of hydrogen-bond acceptors (Lipinski definition) is 3. The summed E-state index contributed by atoms with van der Waals surface area (Å²) >= 11 is 0. The third-order valence-corrected chi connectivity index (χ3v) is 3.10. The van der Waals surface area contributed by atoms with Crippen LogP contribution < -0.4 is 10.5 Å². The van der Waals surface area contributed by atoms with Crippen molar-refractivity contribution in [3.05, 3.63) is 22.6 Å². The molecule has 0 atom stereocenters. The lowest BCUT2D eigenvalue weighted by Gasteiger charge is -2.22. The first-order valence-corrected chi connectivity index (χ1v) is 5.51. The Morgan fingerprint density at radius 3 is 2.93 bits per heavy atom. The van der Waals surface area contributed by atoms with Gasteiger partial charge in [0.05, 0.1) is 11.9 Å². The highest BCUT2D eigenvalue weighted by Gasteiger charge is 2.17. The molecular formula is C11H17N3O. The number of nitrogens with one attached hydrogen (secondary N) is 1. The number of rotatable bonds is 3. The molecule has 1 fully saturated rings. The topological polar surface area (TPSA) is 49.0 Å². The quantitative estimate of drug-likeness (QED) is 0.815. The van der Waals surface area contributed by atoms with Crippen molar-refractivity contribution in [1.29, 1.82) is 0 Å². The Kier molecular flexibility index (Phi) is 3.04. The summed E-state index contributed by atoms with van der Waals surface area (Å²) in [5, 5.41) is 6.19. The van der Waals surface area contributed by atoms with Gasteiger partial charge in [-0.05, 0) is 18.8 Å². The average Bonchev–Trinajstić information content (AvgIpc) is 2.70. The summed E-state index contributed by atoms with van der Waals surface area (Å²) in [4.78, 5) is 13.2. The fourth-order valence-electron chi connectivity index (χ4n) is 2.26. The van der Waals surface area contributed by atoms with E-state index in [0.717, 1.165) is 18.2 Å². The van der Waals surface area contributed by atoms with Gasteiger partial charge in [0.2, 0.25) is 0 Å². The molecule has 15 heavy (non-hydrogen) atoms. The SMILES string of the molecule is CN(CC1CCCC1)c1cn[nH]c(=O)c1. The summed E-state index contributed by atoms with van der Waals surface area (Å²) in [5.74, 6) is 0.786. The molecule has 0 radical (unpaired) electrons. The first-order chi connectivity index (χ1) is 7.25. The second-order valence-electron chi connectivity index (χ2n) is 4.33. The van der Waals surface area contributed by atoms with Gasteiger partial charge in [-0.15, -0.1) is 0 Å². The van der Waals surface area contributed by atoms with E-state index in [2.05, 4.69) is 15.1 Å². The zero-order valence-electron chi connectivity index (χ0n) is 9.07. The van der Waals surface area contributed by atoms with Gasteiger partial charge in [-0.1, -0.05) is 12.8 Å². The van der Waals surface area contributed by atoms with E-state index in [0.29, 0.717) is 0 Å². The molecule has 0 saturated heterocycles. The molecule has 4 heteroatoms. The van der Waals surface area contributed by atoms with E-state index in [-0.39, 0.29) is 5.56 Å². The minimum Gasteiger partial charge on any atom is -0.373 e.